The van der Waals surface area contributed by atoms with Gasteiger partial charge in [-0.2, -0.15) is 0 Å². The molecule has 0 spiro atoms. The molecule has 144 valence electrons. The first kappa shape index (κ1) is 19.3. The molecule has 1 aromatic carbocycles. The number of nitrogens with one attached hydrogen (secondary N) is 2. The lowest BCUT2D eigenvalue weighted by molar-refractivity contribution is -0.129. The number of alkyl halides is 1. The molecule has 0 radical (unpaired) electrons. The summed E-state index contributed by atoms with van der Waals surface area (Å²) in [7, 11) is -1.92. The molecule has 4 unspecified atom stereocenters. The summed E-state index contributed by atoms with van der Waals surface area (Å²) in [5, 5.41) is 6.57. The zero-order valence-electron chi connectivity index (χ0n) is 15.0. The molecule has 2 aliphatic rings. The zero-order valence-corrected chi connectivity index (χ0v) is 16.6. The van der Waals surface area contributed by atoms with E-state index in [9.17, 15) is 13.2 Å². The fourth-order valence-electron chi connectivity index (χ4n) is 3.93. The van der Waals surface area contributed by atoms with Gasteiger partial charge in [-0.15, -0.1) is 11.6 Å². The topological polar surface area (TPSA) is 84.5 Å². The standard InChI is InChI=1S/C18H25ClN2O4S/c1-25-16-9-14(4-6-17(16)26(2,23)24)20-10-12-7-11-8-13(19)3-5-15(11)21-18(12)22/h4,6,9,11-13,15,20H,3,5,7-8,10H2,1-2H3,(H,21,22). The summed E-state index contributed by atoms with van der Waals surface area (Å²) >= 11 is 6.29. The summed E-state index contributed by atoms with van der Waals surface area (Å²) in [5.74, 6) is 0.672. The van der Waals surface area contributed by atoms with Gasteiger partial charge in [0.25, 0.3) is 0 Å². The molecule has 1 aliphatic carbocycles. The van der Waals surface area contributed by atoms with Crippen LogP contribution in [-0.4, -0.2) is 45.7 Å². The number of fused-ring (bicyclic) bond motifs is 1. The minimum absolute atomic E-state index is 0.0755. The summed E-state index contributed by atoms with van der Waals surface area (Å²) in [6.45, 7) is 0.489. The Hall–Kier alpha value is -1.47. The van der Waals surface area contributed by atoms with Crippen LogP contribution in [0.1, 0.15) is 25.7 Å². The van der Waals surface area contributed by atoms with Crippen LogP contribution >= 0.6 is 11.6 Å². The second-order valence-electron chi connectivity index (χ2n) is 7.24. The number of hydrogen-bond donors (Lipinski definition) is 2. The number of ether oxygens (including phenoxy) is 1. The predicted molar refractivity (Wildman–Crippen MR) is 102 cm³/mol. The normalized spacial score (nSPS) is 28.8. The summed E-state index contributed by atoms with van der Waals surface area (Å²) in [4.78, 5) is 12.5. The fraction of sp³-hybridized carbons (Fsp3) is 0.611. The van der Waals surface area contributed by atoms with Gasteiger partial charge in [0.05, 0.1) is 13.0 Å². The Morgan fingerprint density at radius 2 is 2.08 bits per heavy atom. The lowest BCUT2D eigenvalue weighted by atomic mass is 9.75. The Kier molecular flexibility index (Phi) is 5.67. The molecule has 3 rings (SSSR count). The highest BCUT2D eigenvalue weighted by molar-refractivity contribution is 7.90. The third-order valence-corrected chi connectivity index (χ3v) is 6.85. The number of piperidine rings is 1. The van der Waals surface area contributed by atoms with E-state index in [2.05, 4.69) is 10.6 Å². The van der Waals surface area contributed by atoms with E-state index in [1.807, 2.05) is 0 Å². The van der Waals surface area contributed by atoms with Crippen molar-refractivity contribution >= 4 is 33.0 Å². The van der Waals surface area contributed by atoms with Gasteiger partial charge in [-0.1, -0.05) is 0 Å². The summed E-state index contributed by atoms with van der Waals surface area (Å²) < 4.78 is 28.7. The van der Waals surface area contributed by atoms with Gasteiger partial charge in [-0.25, -0.2) is 8.42 Å². The number of amides is 1. The third-order valence-electron chi connectivity index (χ3n) is 5.32. The van der Waals surface area contributed by atoms with Crippen LogP contribution in [0, 0.1) is 11.8 Å². The SMILES string of the molecule is COc1cc(NCC2CC3CC(Cl)CCC3NC2=O)ccc1S(C)(=O)=O. The van der Waals surface area contributed by atoms with E-state index < -0.39 is 9.84 Å². The Morgan fingerprint density at radius 3 is 2.77 bits per heavy atom. The maximum absolute atomic E-state index is 12.4. The Bertz CT molecular complexity index is 783. The van der Waals surface area contributed by atoms with Gasteiger partial charge in [0.15, 0.2) is 9.84 Å². The van der Waals surface area contributed by atoms with Gasteiger partial charge < -0.3 is 15.4 Å². The summed E-state index contributed by atoms with van der Waals surface area (Å²) in [6, 6.07) is 5.11. The number of carbonyl (C=O) groups excluding carboxylic acids is 1. The molecule has 2 N–H and O–H groups in total. The first-order chi connectivity index (χ1) is 12.3. The Labute approximate surface area is 159 Å². The van der Waals surface area contributed by atoms with E-state index in [-0.39, 0.29) is 28.1 Å². The largest absolute Gasteiger partial charge is 0.495 e. The van der Waals surface area contributed by atoms with Crippen LogP contribution in [0.2, 0.25) is 0 Å². The first-order valence-electron chi connectivity index (χ1n) is 8.84. The van der Waals surface area contributed by atoms with Gasteiger partial charge >= 0.3 is 0 Å². The monoisotopic (exact) mass is 400 g/mol. The van der Waals surface area contributed by atoms with Crippen molar-refractivity contribution in [1.82, 2.24) is 5.32 Å². The maximum Gasteiger partial charge on any atom is 0.225 e. The van der Waals surface area contributed by atoms with E-state index in [4.69, 9.17) is 16.3 Å². The van der Waals surface area contributed by atoms with Crippen molar-refractivity contribution < 1.29 is 17.9 Å². The number of benzene rings is 1. The minimum atomic E-state index is -3.35. The van der Waals surface area contributed by atoms with Crippen LogP contribution in [0.4, 0.5) is 5.69 Å². The average Bonchev–Trinajstić information content (AvgIpc) is 2.59. The maximum atomic E-state index is 12.4. The highest BCUT2D eigenvalue weighted by Crippen LogP contribution is 2.36. The Balaban J connectivity index is 1.66. The van der Waals surface area contributed by atoms with Gasteiger partial charge in [-0.05, 0) is 43.7 Å². The molecular formula is C18H25ClN2O4S. The van der Waals surface area contributed by atoms with Gasteiger partial charge in [0.2, 0.25) is 5.91 Å². The molecule has 4 atom stereocenters. The second-order valence-corrected chi connectivity index (χ2v) is 9.84. The van der Waals surface area contributed by atoms with Crippen molar-refractivity contribution in [3.8, 4) is 5.75 Å². The number of hydrogen-bond acceptors (Lipinski definition) is 5. The predicted octanol–water partition coefficient (Wildman–Crippen LogP) is 2.42. The van der Waals surface area contributed by atoms with Crippen molar-refractivity contribution in [2.45, 2.75) is 42.0 Å². The fourth-order valence-corrected chi connectivity index (χ4v) is 5.11. The van der Waals surface area contributed by atoms with Crippen LogP contribution in [0.3, 0.4) is 0 Å². The molecule has 0 aromatic heterocycles. The van der Waals surface area contributed by atoms with Crippen LogP contribution < -0.4 is 15.4 Å². The molecule has 1 aromatic rings. The van der Waals surface area contributed by atoms with Crippen molar-refractivity contribution in [2.24, 2.45) is 11.8 Å². The molecule has 8 heteroatoms. The van der Waals surface area contributed by atoms with Crippen molar-refractivity contribution in [2.75, 3.05) is 25.2 Å². The first-order valence-corrected chi connectivity index (χ1v) is 11.2. The molecule has 1 heterocycles. The minimum Gasteiger partial charge on any atom is -0.495 e. The molecule has 0 bridgehead atoms. The van der Waals surface area contributed by atoms with E-state index in [1.54, 1.807) is 12.1 Å². The number of sulfone groups is 1. The molecule has 6 nitrogen and oxygen atoms in total. The summed E-state index contributed by atoms with van der Waals surface area (Å²) in [5.41, 5.74) is 0.725. The number of halogens is 1. The number of rotatable bonds is 5. The van der Waals surface area contributed by atoms with E-state index in [1.165, 1.54) is 13.2 Å². The highest BCUT2D eigenvalue weighted by Gasteiger charge is 2.38. The van der Waals surface area contributed by atoms with Crippen LogP contribution in [0.25, 0.3) is 0 Å². The number of anilines is 1. The molecular weight excluding hydrogens is 376 g/mol. The van der Waals surface area contributed by atoms with Crippen LogP contribution in [-0.2, 0) is 14.6 Å². The lowest BCUT2D eigenvalue weighted by Gasteiger charge is -2.41. The molecule has 2 fully saturated rings. The zero-order chi connectivity index (χ0) is 18.9. The smallest absolute Gasteiger partial charge is 0.225 e. The van der Waals surface area contributed by atoms with Crippen LogP contribution in [0.15, 0.2) is 23.1 Å². The molecule has 1 aliphatic heterocycles. The van der Waals surface area contributed by atoms with E-state index in [0.29, 0.717) is 18.2 Å². The highest BCUT2D eigenvalue weighted by atomic mass is 35.5. The third kappa shape index (κ3) is 4.26. The van der Waals surface area contributed by atoms with E-state index >= 15 is 0 Å². The lowest BCUT2D eigenvalue weighted by Crippen LogP contribution is -2.53. The molecule has 26 heavy (non-hydrogen) atoms. The number of carbonyl (C=O) groups is 1. The van der Waals surface area contributed by atoms with E-state index in [0.717, 1.165) is 37.6 Å². The average molecular weight is 401 g/mol. The van der Waals surface area contributed by atoms with Crippen molar-refractivity contribution in [1.29, 1.82) is 0 Å². The van der Waals surface area contributed by atoms with Crippen molar-refractivity contribution in [3.05, 3.63) is 18.2 Å². The molecule has 1 amide bonds. The van der Waals surface area contributed by atoms with Gasteiger partial charge in [-0.3, -0.25) is 4.79 Å². The van der Waals surface area contributed by atoms with Crippen molar-refractivity contribution in [3.63, 3.8) is 0 Å². The second kappa shape index (κ2) is 7.64. The van der Waals surface area contributed by atoms with Gasteiger partial charge in [0.1, 0.15) is 10.6 Å². The van der Waals surface area contributed by atoms with Gasteiger partial charge in [0, 0.05) is 36.0 Å². The summed E-state index contributed by atoms with van der Waals surface area (Å²) in [6.07, 6.45) is 4.83. The quantitative estimate of drug-likeness (QED) is 0.741. The number of methoxy groups -OCH3 is 1. The molecule has 1 saturated heterocycles. The Morgan fingerprint density at radius 1 is 1.31 bits per heavy atom. The van der Waals surface area contributed by atoms with Crippen LogP contribution in [0.5, 0.6) is 5.75 Å². The molecule has 1 saturated carbocycles.